The molecule has 5 nitrogen and oxygen atoms in total. The highest BCUT2D eigenvalue weighted by Gasteiger charge is 2.18. The van der Waals surface area contributed by atoms with E-state index < -0.39 is 17.7 Å². The maximum absolute atomic E-state index is 11.7. The molecular weight excluding hydrogens is 272 g/mol. The second kappa shape index (κ2) is 5.99. The van der Waals surface area contributed by atoms with Crippen molar-refractivity contribution in [1.29, 1.82) is 0 Å². The largest absolute Gasteiger partial charge is 0.479 e. The number of benzene rings is 1. The summed E-state index contributed by atoms with van der Waals surface area (Å²) in [4.78, 5) is 23.1. The van der Waals surface area contributed by atoms with Gasteiger partial charge in [0.1, 0.15) is 11.3 Å². The lowest BCUT2D eigenvalue weighted by atomic mass is 10.1. The Morgan fingerprint density at radius 1 is 1.19 bits per heavy atom. The molecule has 0 bridgehead atoms. The smallest absolute Gasteiger partial charge is 0.347 e. The first-order valence-electron chi connectivity index (χ1n) is 6.78. The molecule has 2 rings (SSSR count). The molecule has 1 aromatic carbocycles. The van der Waals surface area contributed by atoms with Crippen LogP contribution in [0.3, 0.4) is 0 Å². The van der Waals surface area contributed by atoms with E-state index in [-0.39, 0.29) is 6.10 Å². The van der Waals surface area contributed by atoms with E-state index in [9.17, 15) is 9.59 Å². The Morgan fingerprint density at radius 2 is 1.90 bits per heavy atom. The van der Waals surface area contributed by atoms with Crippen molar-refractivity contribution in [3.8, 4) is 5.75 Å². The number of carbonyl (C=O) groups excluding carboxylic acids is 1. The molecule has 0 spiro atoms. The molecule has 0 amide bonds. The van der Waals surface area contributed by atoms with Gasteiger partial charge in [0, 0.05) is 17.5 Å². The normalized spacial score (nSPS) is 12.4. The Kier molecular flexibility index (Phi) is 4.31. The summed E-state index contributed by atoms with van der Waals surface area (Å²) in [6, 6.07) is 6.56. The van der Waals surface area contributed by atoms with Crippen LogP contribution in [-0.2, 0) is 9.53 Å². The van der Waals surface area contributed by atoms with Crippen LogP contribution in [0.2, 0.25) is 0 Å². The maximum atomic E-state index is 11.7. The van der Waals surface area contributed by atoms with Gasteiger partial charge in [0.05, 0.1) is 6.10 Å². The van der Waals surface area contributed by atoms with E-state index in [4.69, 9.17) is 13.9 Å². The van der Waals surface area contributed by atoms with E-state index in [1.807, 2.05) is 6.92 Å². The number of hydrogen-bond acceptors (Lipinski definition) is 5. The van der Waals surface area contributed by atoms with Crippen LogP contribution >= 0.6 is 0 Å². The van der Waals surface area contributed by atoms with Crippen molar-refractivity contribution in [2.75, 3.05) is 0 Å². The number of esters is 1. The van der Waals surface area contributed by atoms with E-state index in [2.05, 4.69) is 0 Å². The highest BCUT2D eigenvalue weighted by molar-refractivity contribution is 5.81. The summed E-state index contributed by atoms with van der Waals surface area (Å²) in [5, 5.41) is 0.833. The average molecular weight is 290 g/mol. The first-order chi connectivity index (χ1) is 9.86. The molecule has 1 aromatic heterocycles. The highest BCUT2D eigenvalue weighted by atomic mass is 16.6. The molecule has 0 aliphatic rings. The zero-order valence-corrected chi connectivity index (χ0v) is 12.5. The van der Waals surface area contributed by atoms with Gasteiger partial charge in [-0.1, -0.05) is 0 Å². The molecule has 0 aliphatic carbocycles. The van der Waals surface area contributed by atoms with Crippen LogP contribution in [-0.4, -0.2) is 18.2 Å². The third-order valence-corrected chi connectivity index (χ3v) is 2.92. The van der Waals surface area contributed by atoms with Crippen LogP contribution in [0.15, 0.2) is 33.5 Å². The van der Waals surface area contributed by atoms with Crippen molar-refractivity contribution < 1.29 is 18.7 Å². The molecule has 0 fully saturated rings. The standard InChI is InChI=1S/C16H18O5/c1-9(2)19-16(18)11(4)20-12-5-6-13-10(3)7-15(17)21-14(13)8-12/h5-9,11H,1-4H3. The second-order valence-electron chi connectivity index (χ2n) is 5.15. The molecule has 0 radical (unpaired) electrons. The van der Waals surface area contributed by atoms with Gasteiger partial charge in [0.2, 0.25) is 0 Å². The van der Waals surface area contributed by atoms with Crippen LogP contribution in [0.1, 0.15) is 26.3 Å². The fraction of sp³-hybridized carbons (Fsp3) is 0.375. The van der Waals surface area contributed by atoms with Crippen molar-refractivity contribution in [2.24, 2.45) is 0 Å². The second-order valence-corrected chi connectivity index (χ2v) is 5.15. The molecule has 112 valence electrons. The molecule has 0 saturated carbocycles. The Bertz CT molecular complexity index is 714. The summed E-state index contributed by atoms with van der Waals surface area (Å²) in [5.41, 5.74) is 0.853. The Morgan fingerprint density at radius 3 is 2.57 bits per heavy atom. The third kappa shape index (κ3) is 3.62. The Hall–Kier alpha value is -2.30. The molecule has 1 unspecified atom stereocenters. The van der Waals surface area contributed by atoms with Gasteiger partial charge in [-0.3, -0.25) is 0 Å². The van der Waals surface area contributed by atoms with Crippen molar-refractivity contribution in [2.45, 2.75) is 39.9 Å². The van der Waals surface area contributed by atoms with Crippen molar-refractivity contribution in [1.82, 2.24) is 0 Å². The van der Waals surface area contributed by atoms with Crippen LogP contribution in [0.5, 0.6) is 5.75 Å². The molecule has 0 aliphatic heterocycles. The SMILES string of the molecule is Cc1cc(=O)oc2cc(OC(C)C(=O)OC(C)C)ccc12. The summed E-state index contributed by atoms with van der Waals surface area (Å²) >= 11 is 0. The molecule has 1 atom stereocenters. The zero-order chi connectivity index (χ0) is 15.6. The van der Waals surface area contributed by atoms with Crippen molar-refractivity contribution in [3.63, 3.8) is 0 Å². The monoisotopic (exact) mass is 290 g/mol. The van der Waals surface area contributed by atoms with E-state index in [1.54, 1.807) is 39.0 Å². The van der Waals surface area contributed by atoms with Crippen LogP contribution < -0.4 is 10.4 Å². The van der Waals surface area contributed by atoms with Gasteiger partial charge in [0.15, 0.2) is 6.10 Å². The molecule has 0 saturated heterocycles. The predicted molar refractivity (Wildman–Crippen MR) is 78.5 cm³/mol. The summed E-state index contributed by atoms with van der Waals surface area (Å²) in [6.45, 7) is 7.00. The van der Waals surface area contributed by atoms with Crippen LogP contribution in [0.25, 0.3) is 11.0 Å². The van der Waals surface area contributed by atoms with Crippen molar-refractivity contribution >= 4 is 16.9 Å². The summed E-state index contributed by atoms with van der Waals surface area (Å²) in [6.07, 6.45) is -0.929. The fourth-order valence-electron chi connectivity index (χ4n) is 1.96. The lowest BCUT2D eigenvalue weighted by Gasteiger charge is -2.16. The van der Waals surface area contributed by atoms with Gasteiger partial charge in [-0.2, -0.15) is 0 Å². The lowest BCUT2D eigenvalue weighted by molar-refractivity contribution is -0.154. The van der Waals surface area contributed by atoms with E-state index >= 15 is 0 Å². The minimum Gasteiger partial charge on any atom is -0.479 e. The molecule has 1 heterocycles. The van der Waals surface area contributed by atoms with Gasteiger partial charge in [0.25, 0.3) is 0 Å². The first-order valence-corrected chi connectivity index (χ1v) is 6.78. The number of carbonyl (C=O) groups is 1. The molecular formula is C16H18O5. The van der Waals surface area contributed by atoms with E-state index in [1.165, 1.54) is 6.07 Å². The average Bonchev–Trinajstić information content (AvgIpc) is 2.37. The number of rotatable bonds is 4. The fourth-order valence-corrected chi connectivity index (χ4v) is 1.96. The Balaban J connectivity index is 2.23. The Labute approximate surface area is 122 Å². The third-order valence-electron chi connectivity index (χ3n) is 2.92. The molecule has 21 heavy (non-hydrogen) atoms. The number of fused-ring (bicyclic) bond motifs is 1. The summed E-state index contributed by atoms with van der Waals surface area (Å²) < 4.78 is 15.7. The van der Waals surface area contributed by atoms with Gasteiger partial charge in [-0.05, 0) is 45.4 Å². The highest BCUT2D eigenvalue weighted by Crippen LogP contribution is 2.23. The molecule has 0 N–H and O–H groups in total. The zero-order valence-electron chi connectivity index (χ0n) is 12.5. The molecule has 2 aromatic rings. The number of hydrogen-bond donors (Lipinski definition) is 0. The van der Waals surface area contributed by atoms with Gasteiger partial charge in [-0.15, -0.1) is 0 Å². The van der Waals surface area contributed by atoms with Gasteiger partial charge >= 0.3 is 11.6 Å². The topological polar surface area (TPSA) is 65.7 Å². The van der Waals surface area contributed by atoms with Crippen LogP contribution in [0.4, 0.5) is 0 Å². The lowest BCUT2D eigenvalue weighted by Crippen LogP contribution is -2.28. The maximum Gasteiger partial charge on any atom is 0.347 e. The molecule has 5 heteroatoms. The minimum absolute atomic E-state index is 0.194. The first kappa shape index (κ1) is 15.1. The number of aryl methyl sites for hydroxylation is 1. The number of ether oxygens (including phenoxy) is 2. The summed E-state index contributed by atoms with van der Waals surface area (Å²) in [7, 11) is 0. The minimum atomic E-state index is -0.735. The van der Waals surface area contributed by atoms with Gasteiger partial charge < -0.3 is 13.9 Å². The van der Waals surface area contributed by atoms with E-state index in [0.717, 1.165) is 10.9 Å². The summed E-state index contributed by atoms with van der Waals surface area (Å²) in [5.74, 6) is 0.0141. The van der Waals surface area contributed by atoms with Crippen molar-refractivity contribution in [3.05, 3.63) is 40.2 Å². The predicted octanol–water partition coefficient (Wildman–Crippen LogP) is 2.82. The van der Waals surface area contributed by atoms with Gasteiger partial charge in [-0.25, -0.2) is 9.59 Å². The quantitative estimate of drug-likeness (QED) is 0.640. The van der Waals surface area contributed by atoms with E-state index in [0.29, 0.717) is 11.3 Å². The van der Waals surface area contributed by atoms with Crippen LogP contribution in [0, 0.1) is 6.92 Å².